The molecule has 2 N–H and O–H groups in total. The molecule has 0 spiro atoms. The predicted octanol–water partition coefficient (Wildman–Crippen LogP) is 1.27. The lowest BCUT2D eigenvalue weighted by atomic mass is 10.1. The molecule has 0 atom stereocenters. The Hall–Kier alpha value is -0.880. The van der Waals surface area contributed by atoms with E-state index in [2.05, 4.69) is 14.7 Å². The lowest BCUT2D eigenvalue weighted by molar-refractivity contribution is 0.495. The van der Waals surface area contributed by atoms with Crippen molar-refractivity contribution in [1.82, 2.24) is 14.7 Å². The molecule has 1 aromatic heterocycles. The number of nitrogens with zero attached hydrogens (tertiary/aromatic N) is 1. The monoisotopic (exact) mass is 243 g/mol. The summed E-state index contributed by atoms with van der Waals surface area (Å²) in [5.41, 5.74) is 0. The number of aromatic nitrogens is 2. The first-order valence-corrected chi connectivity index (χ1v) is 7.15. The van der Waals surface area contributed by atoms with Crippen LogP contribution in [0.2, 0.25) is 0 Å². The van der Waals surface area contributed by atoms with E-state index < -0.39 is 10.0 Å². The van der Waals surface area contributed by atoms with Crippen molar-refractivity contribution in [3.63, 3.8) is 0 Å². The summed E-state index contributed by atoms with van der Waals surface area (Å²) in [7, 11) is -3.38. The van der Waals surface area contributed by atoms with Crippen molar-refractivity contribution in [3.05, 3.63) is 12.5 Å². The maximum absolute atomic E-state index is 11.7. The Morgan fingerprint density at radius 1 is 1.44 bits per heavy atom. The highest BCUT2D eigenvalue weighted by Gasteiger charge is 2.18. The summed E-state index contributed by atoms with van der Waals surface area (Å²) >= 11 is 0. The normalized spacial score (nSPS) is 18.0. The van der Waals surface area contributed by atoms with Crippen molar-refractivity contribution in [2.24, 2.45) is 5.92 Å². The summed E-state index contributed by atoms with van der Waals surface area (Å²) in [6.07, 6.45) is 8.68. The minimum absolute atomic E-state index is 0.138. The predicted molar refractivity (Wildman–Crippen MR) is 60.4 cm³/mol. The third-order valence-corrected chi connectivity index (χ3v) is 4.47. The van der Waals surface area contributed by atoms with Crippen molar-refractivity contribution in [2.75, 3.05) is 6.54 Å². The second-order valence-electron chi connectivity index (χ2n) is 4.25. The lowest BCUT2D eigenvalue weighted by Gasteiger charge is -2.09. The van der Waals surface area contributed by atoms with Crippen LogP contribution >= 0.6 is 0 Å². The number of imidazole rings is 1. The molecular formula is C10H17N3O2S. The Balaban J connectivity index is 1.81. The first-order chi connectivity index (χ1) is 7.68. The number of nitrogens with one attached hydrogen (secondary N) is 2. The largest absolute Gasteiger partial charge is 0.335 e. The molecule has 0 saturated heterocycles. The fraction of sp³-hybridized carbons (Fsp3) is 0.700. The average Bonchev–Trinajstić information content (AvgIpc) is 2.90. The third-order valence-electron chi connectivity index (χ3n) is 3.08. The van der Waals surface area contributed by atoms with Gasteiger partial charge in [-0.1, -0.05) is 25.7 Å². The molecule has 0 bridgehead atoms. The van der Waals surface area contributed by atoms with Gasteiger partial charge in [0.25, 0.3) is 10.0 Å². The quantitative estimate of drug-likeness (QED) is 0.817. The molecule has 1 aliphatic rings. The zero-order valence-electron chi connectivity index (χ0n) is 9.15. The molecule has 16 heavy (non-hydrogen) atoms. The van der Waals surface area contributed by atoms with E-state index in [0.717, 1.165) is 6.42 Å². The van der Waals surface area contributed by atoms with Gasteiger partial charge < -0.3 is 4.98 Å². The van der Waals surface area contributed by atoms with Gasteiger partial charge in [-0.3, -0.25) is 0 Å². The van der Waals surface area contributed by atoms with Gasteiger partial charge in [-0.15, -0.1) is 0 Å². The van der Waals surface area contributed by atoms with Crippen LogP contribution in [0.4, 0.5) is 0 Å². The van der Waals surface area contributed by atoms with Crippen LogP contribution in [0.3, 0.4) is 0 Å². The van der Waals surface area contributed by atoms with Gasteiger partial charge in [0.2, 0.25) is 0 Å². The van der Waals surface area contributed by atoms with Crippen molar-refractivity contribution in [1.29, 1.82) is 0 Å². The van der Waals surface area contributed by atoms with Crippen molar-refractivity contribution >= 4 is 10.0 Å². The summed E-state index contributed by atoms with van der Waals surface area (Å²) in [6, 6.07) is 0. The number of H-pyrrole nitrogens is 1. The van der Waals surface area contributed by atoms with Crippen LogP contribution in [0.15, 0.2) is 17.6 Å². The van der Waals surface area contributed by atoms with E-state index in [1.807, 2.05) is 0 Å². The van der Waals surface area contributed by atoms with Gasteiger partial charge in [0.1, 0.15) is 0 Å². The van der Waals surface area contributed by atoms with E-state index in [9.17, 15) is 8.42 Å². The molecule has 1 aliphatic carbocycles. The number of aromatic amines is 1. The molecule has 0 radical (unpaired) electrons. The molecule has 1 fully saturated rings. The van der Waals surface area contributed by atoms with Gasteiger partial charge in [0.15, 0.2) is 5.03 Å². The Labute approximate surface area is 95.7 Å². The summed E-state index contributed by atoms with van der Waals surface area (Å²) < 4.78 is 26.0. The molecule has 2 rings (SSSR count). The Bertz CT molecular complexity index is 407. The van der Waals surface area contributed by atoms with E-state index in [0.29, 0.717) is 12.5 Å². The van der Waals surface area contributed by atoms with Crippen molar-refractivity contribution in [3.8, 4) is 0 Å². The van der Waals surface area contributed by atoms with E-state index >= 15 is 0 Å². The molecule has 0 unspecified atom stereocenters. The third kappa shape index (κ3) is 2.82. The highest BCUT2D eigenvalue weighted by atomic mass is 32.2. The van der Waals surface area contributed by atoms with E-state index in [1.165, 1.54) is 38.2 Å². The van der Waals surface area contributed by atoms with Gasteiger partial charge in [-0.2, -0.15) is 0 Å². The fourth-order valence-electron chi connectivity index (χ4n) is 2.16. The number of rotatable bonds is 5. The second kappa shape index (κ2) is 4.97. The van der Waals surface area contributed by atoms with E-state index in [4.69, 9.17) is 0 Å². The molecule has 0 amide bonds. The Morgan fingerprint density at radius 2 is 2.19 bits per heavy atom. The van der Waals surface area contributed by atoms with Crippen LogP contribution in [-0.2, 0) is 10.0 Å². The summed E-state index contributed by atoms with van der Waals surface area (Å²) in [5.74, 6) is 0.699. The number of hydrogen-bond donors (Lipinski definition) is 2. The first kappa shape index (κ1) is 11.6. The van der Waals surface area contributed by atoms with Gasteiger partial charge in [-0.25, -0.2) is 18.1 Å². The van der Waals surface area contributed by atoms with Crippen molar-refractivity contribution in [2.45, 2.75) is 37.1 Å². The van der Waals surface area contributed by atoms with Crippen LogP contribution in [-0.4, -0.2) is 24.9 Å². The molecule has 6 heteroatoms. The smallest absolute Gasteiger partial charge is 0.257 e. The van der Waals surface area contributed by atoms with E-state index in [1.54, 1.807) is 0 Å². The van der Waals surface area contributed by atoms with Gasteiger partial charge in [-0.05, 0) is 12.3 Å². The van der Waals surface area contributed by atoms with Crippen LogP contribution < -0.4 is 4.72 Å². The molecule has 1 aromatic rings. The SMILES string of the molecule is O=S(=O)(NCCC1CCCC1)c1cnc[nH]1. The summed E-state index contributed by atoms with van der Waals surface area (Å²) in [6.45, 7) is 0.520. The number of hydrogen-bond acceptors (Lipinski definition) is 3. The maximum atomic E-state index is 11.7. The molecule has 5 nitrogen and oxygen atoms in total. The zero-order chi connectivity index (χ0) is 11.4. The first-order valence-electron chi connectivity index (χ1n) is 5.66. The highest BCUT2D eigenvalue weighted by Crippen LogP contribution is 2.26. The summed E-state index contributed by atoms with van der Waals surface area (Å²) in [4.78, 5) is 6.29. The molecule has 0 aromatic carbocycles. The minimum Gasteiger partial charge on any atom is -0.335 e. The van der Waals surface area contributed by atoms with Crippen molar-refractivity contribution < 1.29 is 8.42 Å². The van der Waals surface area contributed by atoms with Crippen LogP contribution in [0.25, 0.3) is 0 Å². The van der Waals surface area contributed by atoms with Crippen LogP contribution in [0.1, 0.15) is 32.1 Å². The minimum atomic E-state index is -3.38. The standard InChI is InChI=1S/C10H17N3O2S/c14-16(15,10-7-11-8-12-10)13-6-5-9-3-1-2-4-9/h7-9,13H,1-6H2,(H,11,12). The molecular weight excluding hydrogens is 226 g/mol. The van der Waals surface area contributed by atoms with Gasteiger partial charge in [0.05, 0.1) is 12.5 Å². The van der Waals surface area contributed by atoms with Crippen LogP contribution in [0, 0.1) is 5.92 Å². The van der Waals surface area contributed by atoms with Crippen LogP contribution in [0.5, 0.6) is 0 Å². The number of sulfonamides is 1. The maximum Gasteiger partial charge on any atom is 0.257 e. The average molecular weight is 243 g/mol. The van der Waals surface area contributed by atoms with Gasteiger partial charge in [0, 0.05) is 6.54 Å². The fourth-order valence-corrected chi connectivity index (χ4v) is 3.11. The zero-order valence-corrected chi connectivity index (χ0v) is 9.96. The highest BCUT2D eigenvalue weighted by molar-refractivity contribution is 7.89. The lowest BCUT2D eigenvalue weighted by Crippen LogP contribution is -2.26. The summed E-state index contributed by atoms with van der Waals surface area (Å²) in [5, 5.41) is 0.138. The molecule has 0 aliphatic heterocycles. The van der Waals surface area contributed by atoms with E-state index in [-0.39, 0.29) is 5.03 Å². The Kier molecular flexibility index (Phi) is 3.60. The van der Waals surface area contributed by atoms with Gasteiger partial charge >= 0.3 is 0 Å². The molecule has 90 valence electrons. The second-order valence-corrected chi connectivity index (χ2v) is 5.99. The molecule has 1 saturated carbocycles. The Morgan fingerprint density at radius 3 is 2.81 bits per heavy atom. The topological polar surface area (TPSA) is 74.8 Å². The molecule has 1 heterocycles.